The molecule has 6 rings (SSSR count). The first-order valence-electron chi connectivity index (χ1n) is 11.5. The van der Waals surface area contributed by atoms with Crippen LogP contribution in [0.2, 0.25) is 0 Å². The average Bonchev–Trinajstić information content (AvgIpc) is 3.30. The van der Waals surface area contributed by atoms with Crippen LogP contribution in [0.1, 0.15) is 30.9 Å². The van der Waals surface area contributed by atoms with Crippen LogP contribution in [-0.4, -0.2) is 49.0 Å². The largest absolute Gasteiger partial charge is 0.390 e. The van der Waals surface area contributed by atoms with E-state index in [-0.39, 0.29) is 17.4 Å². The molecular weight excluding hydrogens is 416 g/mol. The number of aliphatic hydroxyl groups is 2. The van der Waals surface area contributed by atoms with Crippen LogP contribution >= 0.6 is 0 Å². The number of anilines is 2. The third-order valence-corrected chi connectivity index (χ3v) is 8.09. The van der Waals surface area contributed by atoms with Crippen LogP contribution in [0.25, 0.3) is 21.9 Å². The molecule has 0 saturated heterocycles. The number of aliphatic hydroxyl groups excluding tert-OH is 2. The number of pyridine rings is 1. The van der Waals surface area contributed by atoms with Gasteiger partial charge in [-0.2, -0.15) is 0 Å². The third kappa shape index (κ3) is 2.94. The minimum Gasteiger partial charge on any atom is -0.390 e. The van der Waals surface area contributed by atoms with Gasteiger partial charge in [-0.1, -0.05) is 12.1 Å². The molecule has 0 amide bonds. The van der Waals surface area contributed by atoms with E-state index in [9.17, 15) is 10.2 Å². The highest BCUT2D eigenvalue weighted by Gasteiger charge is 2.64. The summed E-state index contributed by atoms with van der Waals surface area (Å²) in [5.41, 5.74) is 8.59. The molecule has 170 valence electrons. The summed E-state index contributed by atoms with van der Waals surface area (Å²) in [6.45, 7) is 0. The number of hydrogen-bond donors (Lipinski definition) is 4. The summed E-state index contributed by atoms with van der Waals surface area (Å²) in [5.74, 6) is 1.46. The van der Waals surface area contributed by atoms with E-state index in [2.05, 4.69) is 44.5 Å². The van der Waals surface area contributed by atoms with E-state index >= 15 is 0 Å². The predicted molar refractivity (Wildman–Crippen MR) is 128 cm³/mol. The van der Waals surface area contributed by atoms with Gasteiger partial charge in [-0.15, -0.1) is 0 Å². The van der Waals surface area contributed by atoms with Gasteiger partial charge in [0.25, 0.3) is 0 Å². The zero-order valence-corrected chi connectivity index (χ0v) is 18.5. The normalized spacial score (nSPS) is 28.7. The van der Waals surface area contributed by atoms with Gasteiger partial charge in [0.2, 0.25) is 0 Å². The molecule has 5 atom stereocenters. The van der Waals surface area contributed by atoms with Gasteiger partial charge >= 0.3 is 0 Å². The standard InChI is InChI=1S/C25H28N6O2/c1-27-19-5-4-15-3-2-14(12-18(15)30-19)6-9-25-10-7-17(25)20(21(32)22(25)33)31-11-8-16-23(26)28-13-29-24(16)31/h2-5,8,11-13,17,20-22,32-33H,6-7,9-10H2,1H3,(H,27,30)(H2,26,28,29)/t17-,20-,21+,22+,25-/m1/s1. The van der Waals surface area contributed by atoms with E-state index in [1.807, 2.05) is 29.9 Å². The van der Waals surface area contributed by atoms with Gasteiger partial charge in [0.15, 0.2) is 0 Å². The van der Waals surface area contributed by atoms with Crippen LogP contribution in [0.15, 0.2) is 48.9 Å². The molecule has 2 saturated carbocycles. The minimum atomic E-state index is -0.847. The lowest BCUT2D eigenvalue weighted by Crippen LogP contribution is -2.46. The molecule has 0 bridgehead atoms. The van der Waals surface area contributed by atoms with Crippen molar-refractivity contribution in [2.75, 3.05) is 18.1 Å². The number of nitrogens with one attached hydrogen (secondary N) is 1. The first-order valence-corrected chi connectivity index (χ1v) is 11.5. The van der Waals surface area contributed by atoms with Crippen LogP contribution in [0, 0.1) is 11.3 Å². The minimum absolute atomic E-state index is 0.184. The van der Waals surface area contributed by atoms with Gasteiger partial charge in [-0.05, 0) is 61.4 Å². The van der Waals surface area contributed by atoms with Crippen molar-refractivity contribution < 1.29 is 10.2 Å². The Labute approximate surface area is 191 Å². The van der Waals surface area contributed by atoms with Crippen molar-refractivity contribution in [3.8, 4) is 0 Å². The Morgan fingerprint density at radius 2 is 2.03 bits per heavy atom. The first kappa shape index (κ1) is 20.4. The van der Waals surface area contributed by atoms with Gasteiger partial charge in [0.1, 0.15) is 29.7 Å². The summed E-state index contributed by atoms with van der Waals surface area (Å²) in [4.78, 5) is 13.1. The Morgan fingerprint density at radius 1 is 1.18 bits per heavy atom. The molecule has 0 unspecified atom stereocenters. The second-order valence-electron chi connectivity index (χ2n) is 9.50. The number of aryl methyl sites for hydroxylation is 1. The van der Waals surface area contributed by atoms with Gasteiger partial charge < -0.3 is 25.8 Å². The topological polar surface area (TPSA) is 122 Å². The fourth-order valence-corrected chi connectivity index (χ4v) is 6.21. The van der Waals surface area contributed by atoms with Gasteiger partial charge in [-0.25, -0.2) is 15.0 Å². The van der Waals surface area contributed by atoms with Crippen molar-refractivity contribution >= 4 is 33.6 Å². The number of benzene rings is 1. The Morgan fingerprint density at radius 3 is 2.82 bits per heavy atom. The van der Waals surface area contributed by atoms with Gasteiger partial charge in [0, 0.05) is 24.0 Å². The zero-order valence-electron chi connectivity index (χ0n) is 18.5. The maximum absolute atomic E-state index is 11.2. The number of aromatic nitrogens is 4. The highest BCUT2D eigenvalue weighted by atomic mass is 16.3. The molecule has 2 aliphatic rings. The molecule has 0 spiro atoms. The SMILES string of the molecule is CNc1ccc2ccc(CC[C@@]34CC[C@@H]3[C@@H](n3ccc5c(N)ncnc53)[C@H](O)[C@@H]4O)cc2n1. The summed E-state index contributed by atoms with van der Waals surface area (Å²) >= 11 is 0. The van der Waals surface area contributed by atoms with Crippen molar-refractivity contribution in [3.63, 3.8) is 0 Å². The first-order chi connectivity index (χ1) is 16.0. The Kier molecular flexibility index (Phi) is 4.57. The van der Waals surface area contributed by atoms with Gasteiger partial charge in [0.05, 0.1) is 23.0 Å². The molecule has 3 aromatic heterocycles. The Hall–Kier alpha value is -3.23. The van der Waals surface area contributed by atoms with E-state index in [0.717, 1.165) is 47.8 Å². The average molecular weight is 445 g/mol. The molecule has 0 aliphatic heterocycles. The van der Waals surface area contributed by atoms with Crippen molar-refractivity contribution in [1.29, 1.82) is 0 Å². The lowest BCUT2D eigenvalue weighted by Gasteiger charge is -2.48. The zero-order chi connectivity index (χ0) is 22.7. The maximum atomic E-state index is 11.2. The van der Waals surface area contributed by atoms with Crippen molar-refractivity contribution in [3.05, 3.63) is 54.5 Å². The van der Waals surface area contributed by atoms with E-state index < -0.39 is 12.2 Å². The van der Waals surface area contributed by atoms with Crippen molar-refractivity contribution in [2.24, 2.45) is 11.3 Å². The molecule has 4 aromatic rings. The predicted octanol–water partition coefficient (Wildman–Crippen LogP) is 2.91. The fourth-order valence-electron chi connectivity index (χ4n) is 6.21. The molecule has 2 fully saturated rings. The number of hydrogen-bond acceptors (Lipinski definition) is 7. The second kappa shape index (κ2) is 7.40. The molecule has 5 N–H and O–H groups in total. The molecule has 8 nitrogen and oxygen atoms in total. The number of nitrogens with zero attached hydrogens (tertiary/aromatic N) is 4. The summed E-state index contributed by atoms with van der Waals surface area (Å²) in [6.07, 6.45) is 5.29. The highest BCUT2D eigenvalue weighted by Crippen LogP contribution is 2.64. The van der Waals surface area contributed by atoms with Crippen molar-refractivity contribution in [1.82, 2.24) is 19.5 Å². The van der Waals surface area contributed by atoms with Crippen LogP contribution in [0.3, 0.4) is 0 Å². The summed E-state index contributed by atoms with van der Waals surface area (Å²) < 4.78 is 1.99. The quantitative estimate of drug-likeness (QED) is 0.373. The summed E-state index contributed by atoms with van der Waals surface area (Å²) in [5, 5.41) is 27.3. The monoisotopic (exact) mass is 444 g/mol. The molecule has 33 heavy (non-hydrogen) atoms. The summed E-state index contributed by atoms with van der Waals surface area (Å²) in [7, 11) is 1.87. The lowest BCUT2D eigenvalue weighted by atomic mass is 9.58. The third-order valence-electron chi connectivity index (χ3n) is 8.09. The van der Waals surface area contributed by atoms with Crippen LogP contribution in [0.5, 0.6) is 0 Å². The highest BCUT2D eigenvalue weighted by molar-refractivity contribution is 5.86. The molecule has 0 radical (unpaired) electrons. The van der Waals surface area contributed by atoms with Crippen molar-refractivity contribution in [2.45, 2.75) is 43.9 Å². The number of nitrogens with two attached hydrogens (primary N) is 1. The Bertz CT molecular complexity index is 1350. The molecule has 1 aromatic carbocycles. The smallest absolute Gasteiger partial charge is 0.145 e. The fraction of sp³-hybridized carbons (Fsp3) is 0.400. The lowest BCUT2D eigenvalue weighted by molar-refractivity contribution is -0.0742. The Balaban J connectivity index is 1.29. The van der Waals surface area contributed by atoms with E-state index in [4.69, 9.17) is 5.73 Å². The molecule has 2 aliphatic carbocycles. The van der Waals surface area contributed by atoms with Crippen LogP contribution in [-0.2, 0) is 6.42 Å². The summed E-state index contributed by atoms with van der Waals surface area (Å²) in [6, 6.07) is 12.1. The van der Waals surface area contributed by atoms with Crippen LogP contribution in [0.4, 0.5) is 11.6 Å². The van der Waals surface area contributed by atoms with E-state index in [0.29, 0.717) is 11.5 Å². The maximum Gasteiger partial charge on any atom is 0.145 e. The second-order valence-corrected chi connectivity index (χ2v) is 9.50. The number of rotatable bonds is 5. The molecule has 3 heterocycles. The number of fused-ring (bicyclic) bond motifs is 3. The number of nitrogen functional groups attached to an aromatic ring is 1. The van der Waals surface area contributed by atoms with E-state index in [1.54, 1.807) is 0 Å². The molecular formula is C25H28N6O2. The van der Waals surface area contributed by atoms with E-state index in [1.165, 1.54) is 11.9 Å². The van der Waals surface area contributed by atoms with Crippen LogP contribution < -0.4 is 11.1 Å². The molecule has 8 heteroatoms. The van der Waals surface area contributed by atoms with Gasteiger partial charge in [-0.3, -0.25) is 0 Å².